The van der Waals surface area contributed by atoms with Crippen molar-refractivity contribution in [3.05, 3.63) is 35.9 Å². The van der Waals surface area contributed by atoms with Crippen molar-refractivity contribution in [2.45, 2.75) is 33.8 Å². The van der Waals surface area contributed by atoms with Gasteiger partial charge in [0.05, 0.1) is 6.10 Å². The second kappa shape index (κ2) is 5.46. The van der Waals surface area contributed by atoms with E-state index in [1.165, 1.54) is 0 Å². The van der Waals surface area contributed by atoms with Gasteiger partial charge in [0.2, 0.25) is 0 Å². The van der Waals surface area contributed by atoms with E-state index in [0.717, 1.165) is 5.56 Å². The van der Waals surface area contributed by atoms with Gasteiger partial charge in [-0.05, 0) is 5.56 Å². The highest BCUT2D eigenvalue weighted by atomic mass is 16.5. The summed E-state index contributed by atoms with van der Waals surface area (Å²) in [5.41, 5.74) is 0.727. The fraction of sp³-hybridized carbons (Fsp3) is 0.533. The van der Waals surface area contributed by atoms with Crippen LogP contribution in [0.2, 0.25) is 0 Å². The zero-order valence-corrected chi connectivity index (χ0v) is 11.4. The maximum atomic E-state index is 12.3. The highest BCUT2D eigenvalue weighted by Gasteiger charge is 2.32. The Kier molecular flexibility index (Phi) is 4.47. The molecule has 2 atom stereocenters. The third-order valence-electron chi connectivity index (χ3n) is 2.99. The summed E-state index contributed by atoms with van der Waals surface area (Å²) in [5.74, 6) is 0.0932. The minimum atomic E-state index is -0.328. The Morgan fingerprint density at radius 1 is 1.18 bits per heavy atom. The number of carbonyl (C=O) groups excluding carboxylic acids is 1. The first-order valence-corrected chi connectivity index (χ1v) is 6.00. The maximum Gasteiger partial charge on any atom is 0.143 e. The van der Waals surface area contributed by atoms with Crippen molar-refractivity contribution in [2.75, 3.05) is 7.11 Å². The summed E-state index contributed by atoms with van der Waals surface area (Å²) in [6.45, 7) is 7.78. The van der Waals surface area contributed by atoms with Gasteiger partial charge in [0.15, 0.2) is 0 Å². The zero-order chi connectivity index (χ0) is 13.1. The van der Waals surface area contributed by atoms with E-state index >= 15 is 0 Å². The molecule has 0 bridgehead atoms. The molecule has 0 amide bonds. The SMILES string of the molecule is CO[C@@H](c1ccccc1)[C@H](C)C(=O)C(C)(C)C. The molecule has 2 heteroatoms. The molecule has 0 saturated heterocycles. The summed E-state index contributed by atoms with van der Waals surface area (Å²) in [4.78, 5) is 12.3. The van der Waals surface area contributed by atoms with Gasteiger partial charge in [0, 0.05) is 18.4 Å². The fourth-order valence-electron chi connectivity index (χ4n) is 2.09. The van der Waals surface area contributed by atoms with E-state index in [-0.39, 0.29) is 23.2 Å². The van der Waals surface area contributed by atoms with Gasteiger partial charge in [-0.2, -0.15) is 0 Å². The molecule has 94 valence electrons. The van der Waals surface area contributed by atoms with Gasteiger partial charge in [-0.15, -0.1) is 0 Å². The van der Waals surface area contributed by atoms with Crippen LogP contribution in [0, 0.1) is 11.3 Å². The molecule has 0 aliphatic rings. The molecule has 17 heavy (non-hydrogen) atoms. The Bertz CT molecular complexity index is 362. The van der Waals surface area contributed by atoms with Gasteiger partial charge in [-0.25, -0.2) is 0 Å². The monoisotopic (exact) mass is 234 g/mol. The third-order valence-corrected chi connectivity index (χ3v) is 2.99. The number of hydrogen-bond acceptors (Lipinski definition) is 2. The van der Waals surface area contributed by atoms with Gasteiger partial charge in [-0.1, -0.05) is 58.0 Å². The average Bonchev–Trinajstić information content (AvgIpc) is 2.29. The molecular formula is C15H22O2. The van der Waals surface area contributed by atoms with Crippen molar-refractivity contribution in [1.29, 1.82) is 0 Å². The predicted octanol–water partition coefficient (Wildman–Crippen LogP) is 3.63. The zero-order valence-electron chi connectivity index (χ0n) is 11.4. The quantitative estimate of drug-likeness (QED) is 0.795. The molecule has 1 aromatic carbocycles. The number of hydrogen-bond donors (Lipinski definition) is 0. The summed E-state index contributed by atoms with van der Waals surface area (Å²) < 4.78 is 5.49. The number of rotatable bonds is 4. The number of carbonyl (C=O) groups is 1. The summed E-state index contributed by atoms with van der Waals surface area (Å²) in [5, 5.41) is 0. The Morgan fingerprint density at radius 2 is 1.71 bits per heavy atom. The molecular weight excluding hydrogens is 212 g/mol. The lowest BCUT2D eigenvalue weighted by Crippen LogP contribution is -2.31. The van der Waals surface area contributed by atoms with E-state index in [1.807, 2.05) is 58.0 Å². The van der Waals surface area contributed by atoms with Gasteiger partial charge >= 0.3 is 0 Å². The minimum Gasteiger partial charge on any atom is -0.376 e. The Morgan fingerprint density at radius 3 is 2.12 bits per heavy atom. The standard InChI is InChI=1S/C15H22O2/c1-11(14(16)15(2,3)4)13(17-5)12-9-7-6-8-10-12/h6-11,13H,1-5H3/t11-,13+/m0/s1. The van der Waals surface area contributed by atoms with Crippen LogP contribution in [0.3, 0.4) is 0 Å². The van der Waals surface area contributed by atoms with E-state index in [4.69, 9.17) is 4.74 Å². The van der Waals surface area contributed by atoms with Crippen LogP contribution in [0.5, 0.6) is 0 Å². The Balaban J connectivity index is 2.93. The van der Waals surface area contributed by atoms with Crippen LogP contribution in [0.15, 0.2) is 30.3 Å². The van der Waals surface area contributed by atoms with E-state index in [2.05, 4.69) is 0 Å². The predicted molar refractivity (Wildman–Crippen MR) is 69.8 cm³/mol. The molecule has 0 N–H and O–H groups in total. The number of ketones is 1. The van der Waals surface area contributed by atoms with Gasteiger partial charge in [-0.3, -0.25) is 4.79 Å². The van der Waals surface area contributed by atoms with Crippen LogP contribution in [0.4, 0.5) is 0 Å². The van der Waals surface area contributed by atoms with E-state index in [9.17, 15) is 4.79 Å². The number of Topliss-reactive ketones (excluding diaryl/α,β-unsaturated/α-hetero) is 1. The summed E-state index contributed by atoms with van der Waals surface area (Å²) in [7, 11) is 1.66. The third kappa shape index (κ3) is 3.40. The number of benzene rings is 1. The van der Waals surface area contributed by atoms with Crippen molar-refractivity contribution in [1.82, 2.24) is 0 Å². The molecule has 0 aliphatic carbocycles. The molecule has 2 nitrogen and oxygen atoms in total. The van der Waals surface area contributed by atoms with Crippen molar-refractivity contribution >= 4 is 5.78 Å². The van der Waals surface area contributed by atoms with E-state index in [0.29, 0.717) is 0 Å². The maximum absolute atomic E-state index is 12.3. The molecule has 0 fully saturated rings. The number of ether oxygens (including phenoxy) is 1. The van der Waals surface area contributed by atoms with Crippen LogP contribution in [0.25, 0.3) is 0 Å². The second-order valence-electron chi connectivity index (χ2n) is 5.47. The summed E-state index contributed by atoms with van der Waals surface area (Å²) in [6.07, 6.45) is -0.164. The van der Waals surface area contributed by atoms with Crippen molar-refractivity contribution in [3.63, 3.8) is 0 Å². The van der Waals surface area contributed by atoms with Gasteiger partial charge < -0.3 is 4.74 Å². The smallest absolute Gasteiger partial charge is 0.143 e. The molecule has 0 aromatic heterocycles. The normalized spacial score (nSPS) is 15.4. The molecule has 1 rings (SSSR count). The van der Waals surface area contributed by atoms with E-state index in [1.54, 1.807) is 7.11 Å². The number of methoxy groups -OCH3 is 1. The molecule has 0 radical (unpaired) electrons. The molecule has 0 heterocycles. The van der Waals surface area contributed by atoms with Gasteiger partial charge in [0.1, 0.15) is 5.78 Å². The van der Waals surface area contributed by atoms with Crippen LogP contribution in [0.1, 0.15) is 39.4 Å². The summed E-state index contributed by atoms with van der Waals surface area (Å²) >= 11 is 0. The topological polar surface area (TPSA) is 26.3 Å². The average molecular weight is 234 g/mol. The first kappa shape index (κ1) is 13.9. The largest absolute Gasteiger partial charge is 0.376 e. The lowest BCUT2D eigenvalue weighted by Gasteiger charge is -2.27. The first-order chi connectivity index (χ1) is 7.88. The van der Waals surface area contributed by atoms with Crippen molar-refractivity contribution in [2.24, 2.45) is 11.3 Å². The van der Waals surface area contributed by atoms with Crippen LogP contribution in [-0.2, 0) is 9.53 Å². The Hall–Kier alpha value is -1.15. The van der Waals surface area contributed by atoms with E-state index < -0.39 is 0 Å². The highest BCUT2D eigenvalue weighted by Crippen LogP contribution is 2.31. The van der Waals surface area contributed by atoms with Crippen LogP contribution < -0.4 is 0 Å². The van der Waals surface area contributed by atoms with Gasteiger partial charge in [0.25, 0.3) is 0 Å². The first-order valence-electron chi connectivity index (χ1n) is 6.00. The molecule has 1 aromatic rings. The lowest BCUT2D eigenvalue weighted by atomic mass is 9.80. The fourth-order valence-corrected chi connectivity index (χ4v) is 2.09. The molecule has 0 unspecified atom stereocenters. The highest BCUT2D eigenvalue weighted by molar-refractivity contribution is 5.86. The van der Waals surface area contributed by atoms with Crippen LogP contribution >= 0.6 is 0 Å². The van der Waals surface area contributed by atoms with Crippen molar-refractivity contribution in [3.8, 4) is 0 Å². The summed E-state index contributed by atoms with van der Waals surface area (Å²) in [6, 6.07) is 9.90. The molecule has 0 saturated carbocycles. The molecule has 0 aliphatic heterocycles. The Labute approximate surface area is 104 Å². The lowest BCUT2D eigenvalue weighted by molar-refractivity contribution is -0.134. The second-order valence-corrected chi connectivity index (χ2v) is 5.47. The minimum absolute atomic E-state index is 0.137. The van der Waals surface area contributed by atoms with Crippen molar-refractivity contribution < 1.29 is 9.53 Å². The van der Waals surface area contributed by atoms with Crippen LogP contribution in [-0.4, -0.2) is 12.9 Å². The molecule has 0 spiro atoms.